The smallest absolute Gasteiger partial charge is 0.257 e. The molecule has 4 nitrogen and oxygen atoms in total. The van der Waals surface area contributed by atoms with Gasteiger partial charge in [0.25, 0.3) is 5.91 Å². The van der Waals surface area contributed by atoms with Gasteiger partial charge in [0.2, 0.25) is 0 Å². The van der Waals surface area contributed by atoms with E-state index in [1.54, 1.807) is 12.3 Å². The largest absolute Gasteiger partial charge is 0.295 e. The second-order valence-corrected chi connectivity index (χ2v) is 5.16. The molecular formula is C14H18ClN3O. The number of hydrazone groups is 1. The number of carbonyl (C=O) groups is 1. The monoisotopic (exact) mass is 279 g/mol. The van der Waals surface area contributed by atoms with Crippen LogP contribution in [0.25, 0.3) is 0 Å². The van der Waals surface area contributed by atoms with Crippen molar-refractivity contribution in [1.82, 2.24) is 10.3 Å². The molecule has 1 aliphatic heterocycles. The van der Waals surface area contributed by atoms with Crippen molar-refractivity contribution >= 4 is 23.7 Å². The van der Waals surface area contributed by atoms with Crippen LogP contribution in [0, 0.1) is 0 Å². The van der Waals surface area contributed by atoms with Gasteiger partial charge < -0.3 is 0 Å². The minimum Gasteiger partial charge on any atom is -0.295 e. The maximum Gasteiger partial charge on any atom is 0.257 e. The summed E-state index contributed by atoms with van der Waals surface area (Å²) < 4.78 is 0. The average Bonchev–Trinajstić information content (AvgIpc) is 2.41. The lowest BCUT2D eigenvalue weighted by molar-refractivity contribution is -0.126. The van der Waals surface area contributed by atoms with Gasteiger partial charge in [0.05, 0.1) is 12.3 Å². The molecule has 1 fully saturated rings. The van der Waals surface area contributed by atoms with Crippen molar-refractivity contribution < 1.29 is 4.79 Å². The molecule has 1 saturated heterocycles. The van der Waals surface area contributed by atoms with Gasteiger partial charge in [-0.1, -0.05) is 36.2 Å². The maximum absolute atomic E-state index is 12.0. The van der Waals surface area contributed by atoms with Crippen molar-refractivity contribution in [3.8, 4) is 0 Å². The van der Waals surface area contributed by atoms with Gasteiger partial charge in [-0.3, -0.25) is 9.69 Å². The van der Waals surface area contributed by atoms with Crippen LogP contribution in [0.15, 0.2) is 29.4 Å². The topological polar surface area (TPSA) is 44.7 Å². The summed E-state index contributed by atoms with van der Waals surface area (Å²) in [4.78, 5) is 14.1. The number of benzene rings is 1. The highest BCUT2D eigenvalue weighted by atomic mass is 35.5. The van der Waals surface area contributed by atoms with Gasteiger partial charge in [0.1, 0.15) is 0 Å². The van der Waals surface area contributed by atoms with E-state index in [-0.39, 0.29) is 11.9 Å². The summed E-state index contributed by atoms with van der Waals surface area (Å²) in [7, 11) is 1.97. The van der Waals surface area contributed by atoms with Crippen LogP contribution in [0.2, 0.25) is 5.02 Å². The van der Waals surface area contributed by atoms with Crippen LogP contribution in [0.1, 0.15) is 24.8 Å². The Balaban J connectivity index is 1.91. The summed E-state index contributed by atoms with van der Waals surface area (Å²) in [6.07, 6.45) is 4.72. The summed E-state index contributed by atoms with van der Waals surface area (Å²) in [5.74, 6) is -0.0505. The number of nitrogens with one attached hydrogen (secondary N) is 1. The van der Waals surface area contributed by atoms with E-state index in [2.05, 4.69) is 15.4 Å². The van der Waals surface area contributed by atoms with E-state index in [0.29, 0.717) is 5.02 Å². The molecule has 0 saturated carbocycles. The molecule has 1 amide bonds. The number of halogens is 1. The number of likely N-dealkylation sites (N-methyl/N-ethyl adjacent to an activating group) is 1. The van der Waals surface area contributed by atoms with E-state index in [1.165, 1.54) is 0 Å². The summed E-state index contributed by atoms with van der Waals surface area (Å²) >= 11 is 6.00. The molecule has 0 aliphatic carbocycles. The highest BCUT2D eigenvalue weighted by Crippen LogP contribution is 2.15. The predicted octanol–water partition coefficient (Wildman–Crippen LogP) is 2.27. The van der Waals surface area contributed by atoms with Crippen molar-refractivity contribution in [3.05, 3.63) is 34.9 Å². The second-order valence-electron chi connectivity index (χ2n) is 4.75. The molecule has 102 valence electrons. The fourth-order valence-corrected chi connectivity index (χ4v) is 2.41. The zero-order chi connectivity index (χ0) is 13.7. The molecule has 1 aromatic rings. The molecule has 5 heteroatoms. The molecule has 19 heavy (non-hydrogen) atoms. The standard InChI is InChI=1S/C14H18ClN3O/c1-18-9-5-4-8-13(18)14(19)17-16-10-11-6-2-3-7-12(11)15/h2-3,6-7,10,13H,4-5,8-9H2,1H3,(H,17,19)/b16-10-/t13-/m1/s1. The van der Waals surface area contributed by atoms with E-state index >= 15 is 0 Å². The molecule has 1 aromatic carbocycles. The Kier molecular flexibility index (Phi) is 4.93. The van der Waals surface area contributed by atoms with E-state index in [4.69, 9.17) is 11.6 Å². The lowest BCUT2D eigenvalue weighted by Crippen LogP contribution is -2.46. The van der Waals surface area contributed by atoms with Crippen LogP contribution >= 0.6 is 11.6 Å². The Bertz CT molecular complexity index is 476. The molecule has 0 aromatic heterocycles. The van der Waals surface area contributed by atoms with Gasteiger partial charge in [0.15, 0.2) is 0 Å². The van der Waals surface area contributed by atoms with Gasteiger partial charge >= 0.3 is 0 Å². The number of carbonyl (C=O) groups excluding carboxylic acids is 1. The lowest BCUT2D eigenvalue weighted by atomic mass is 10.0. The number of nitrogens with zero attached hydrogens (tertiary/aromatic N) is 2. The summed E-state index contributed by atoms with van der Waals surface area (Å²) in [6, 6.07) is 7.31. The van der Waals surface area contributed by atoms with Gasteiger partial charge in [-0.15, -0.1) is 0 Å². The predicted molar refractivity (Wildman–Crippen MR) is 77.5 cm³/mol. The maximum atomic E-state index is 12.0. The zero-order valence-corrected chi connectivity index (χ0v) is 11.7. The normalized spacial score (nSPS) is 20.6. The Morgan fingerprint density at radius 2 is 2.26 bits per heavy atom. The molecule has 1 heterocycles. The molecule has 0 unspecified atom stereocenters. The van der Waals surface area contributed by atoms with Crippen LogP contribution < -0.4 is 5.43 Å². The van der Waals surface area contributed by atoms with Crippen molar-refractivity contribution in [2.45, 2.75) is 25.3 Å². The van der Waals surface area contributed by atoms with Gasteiger partial charge in [-0.05, 0) is 32.5 Å². The van der Waals surface area contributed by atoms with Gasteiger partial charge in [-0.2, -0.15) is 5.10 Å². The number of piperidine rings is 1. The van der Waals surface area contributed by atoms with Crippen LogP contribution in [0.4, 0.5) is 0 Å². The lowest BCUT2D eigenvalue weighted by Gasteiger charge is -2.30. The number of hydrogen-bond acceptors (Lipinski definition) is 3. The second kappa shape index (κ2) is 6.68. The SMILES string of the molecule is CN1CCCC[C@@H]1C(=O)N/N=C\c1ccccc1Cl. The number of amides is 1. The molecule has 2 rings (SSSR count). The third-order valence-electron chi connectivity index (χ3n) is 3.36. The summed E-state index contributed by atoms with van der Waals surface area (Å²) in [5.41, 5.74) is 3.38. The van der Waals surface area contributed by atoms with Crippen LogP contribution in [-0.2, 0) is 4.79 Å². The Morgan fingerprint density at radius 3 is 3.00 bits per heavy atom. The Hall–Kier alpha value is -1.39. The zero-order valence-electron chi connectivity index (χ0n) is 11.0. The van der Waals surface area contributed by atoms with Crippen LogP contribution in [0.3, 0.4) is 0 Å². The summed E-state index contributed by atoms with van der Waals surface area (Å²) in [6.45, 7) is 0.965. The molecule has 1 atom stereocenters. The first-order valence-electron chi connectivity index (χ1n) is 6.46. The fourth-order valence-electron chi connectivity index (χ4n) is 2.23. The first-order chi connectivity index (χ1) is 9.18. The third-order valence-corrected chi connectivity index (χ3v) is 3.70. The Morgan fingerprint density at radius 1 is 1.47 bits per heavy atom. The van der Waals surface area contributed by atoms with Crippen LogP contribution in [0.5, 0.6) is 0 Å². The Labute approximate surface area is 118 Å². The highest BCUT2D eigenvalue weighted by Gasteiger charge is 2.25. The van der Waals surface area contributed by atoms with Crippen molar-refractivity contribution in [1.29, 1.82) is 0 Å². The summed E-state index contributed by atoms with van der Waals surface area (Å²) in [5, 5.41) is 4.60. The van der Waals surface area contributed by atoms with Crippen molar-refractivity contribution in [3.63, 3.8) is 0 Å². The molecule has 1 N–H and O–H groups in total. The molecule has 0 radical (unpaired) electrons. The van der Waals surface area contributed by atoms with E-state index in [0.717, 1.165) is 31.4 Å². The number of rotatable bonds is 3. The molecule has 0 bridgehead atoms. The number of likely N-dealkylation sites (tertiary alicyclic amines) is 1. The minimum atomic E-state index is -0.0721. The van der Waals surface area contributed by atoms with E-state index in [9.17, 15) is 4.79 Å². The van der Waals surface area contributed by atoms with E-state index in [1.807, 2.05) is 25.2 Å². The number of hydrogen-bond donors (Lipinski definition) is 1. The molecule has 1 aliphatic rings. The molecular weight excluding hydrogens is 262 g/mol. The fraction of sp³-hybridized carbons (Fsp3) is 0.429. The first kappa shape index (κ1) is 14.0. The van der Waals surface area contributed by atoms with Crippen molar-refractivity contribution in [2.75, 3.05) is 13.6 Å². The quantitative estimate of drug-likeness (QED) is 0.681. The van der Waals surface area contributed by atoms with Crippen molar-refractivity contribution in [2.24, 2.45) is 5.10 Å². The third kappa shape index (κ3) is 3.78. The van der Waals surface area contributed by atoms with Gasteiger partial charge in [-0.25, -0.2) is 5.43 Å². The van der Waals surface area contributed by atoms with Crippen LogP contribution in [-0.4, -0.2) is 36.7 Å². The average molecular weight is 280 g/mol. The van der Waals surface area contributed by atoms with Gasteiger partial charge in [0, 0.05) is 10.6 Å². The molecule has 0 spiro atoms. The first-order valence-corrected chi connectivity index (χ1v) is 6.84. The minimum absolute atomic E-state index is 0.0505. The van der Waals surface area contributed by atoms with E-state index < -0.39 is 0 Å². The highest BCUT2D eigenvalue weighted by molar-refractivity contribution is 6.33.